The fourth-order valence-corrected chi connectivity index (χ4v) is 1.78. The SMILES string of the molecule is CNCc1ccc([N+](=O)[O-])c(OCc2cc(C)on2)c1. The van der Waals surface area contributed by atoms with E-state index >= 15 is 0 Å². The smallest absolute Gasteiger partial charge is 0.310 e. The minimum absolute atomic E-state index is 0.0648. The number of aromatic nitrogens is 1. The second-order valence-electron chi connectivity index (χ2n) is 4.31. The summed E-state index contributed by atoms with van der Waals surface area (Å²) in [5.41, 5.74) is 1.44. The second-order valence-corrected chi connectivity index (χ2v) is 4.31. The highest BCUT2D eigenvalue weighted by atomic mass is 16.6. The molecule has 0 atom stereocenters. The van der Waals surface area contributed by atoms with Gasteiger partial charge in [0, 0.05) is 18.7 Å². The van der Waals surface area contributed by atoms with Crippen molar-refractivity contribution in [3.05, 3.63) is 51.4 Å². The molecule has 0 unspecified atom stereocenters. The Morgan fingerprint density at radius 2 is 2.25 bits per heavy atom. The summed E-state index contributed by atoms with van der Waals surface area (Å²) >= 11 is 0. The van der Waals surface area contributed by atoms with Gasteiger partial charge in [-0.05, 0) is 25.6 Å². The van der Waals surface area contributed by atoms with Crippen LogP contribution < -0.4 is 10.1 Å². The van der Waals surface area contributed by atoms with Crippen LogP contribution in [0.1, 0.15) is 17.0 Å². The summed E-state index contributed by atoms with van der Waals surface area (Å²) in [5, 5.41) is 17.7. The van der Waals surface area contributed by atoms with Crippen molar-refractivity contribution in [2.24, 2.45) is 0 Å². The standard InChI is InChI=1S/C13H15N3O4/c1-9-5-11(15-20-9)8-19-13-6-10(7-14-2)3-4-12(13)16(17)18/h3-6,14H,7-8H2,1-2H3. The molecule has 2 rings (SSSR count). The molecule has 0 saturated carbocycles. The van der Waals surface area contributed by atoms with Gasteiger partial charge in [0.1, 0.15) is 18.1 Å². The summed E-state index contributed by atoms with van der Waals surface area (Å²) in [6.07, 6.45) is 0. The number of benzene rings is 1. The molecular weight excluding hydrogens is 262 g/mol. The van der Waals surface area contributed by atoms with Gasteiger partial charge in [-0.25, -0.2) is 0 Å². The van der Waals surface area contributed by atoms with Crippen molar-refractivity contribution in [1.29, 1.82) is 0 Å². The van der Waals surface area contributed by atoms with Crippen molar-refractivity contribution in [2.45, 2.75) is 20.1 Å². The maximum Gasteiger partial charge on any atom is 0.310 e. The zero-order valence-electron chi connectivity index (χ0n) is 11.3. The zero-order chi connectivity index (χ0) is 14.5. The minimum atomic E-state index is -0.466. The molecule has 7 heteroatoms. The van der Waals surface area contributed by atoms with Crippen molar-refractivity contribution in [3.63, 3.8) is 0 Å². The van der Waals surface area contributed by atoms with Gasteiger partial charge in [-0.1, -0.05) is 11.2 Å². The topological polar surface area (TPSA) is 90.4 Å². The first kappa shape index (κ1) is 14.0. The predicted octanol–water partition coefficient (Wildman–Crippen LogP) is 2.19. The van der Waals surface area contributed by atoms with E-state index in [0.717, 1.165) is 5.56 Å². The first-order valence-electron chi connectivity index (χ1n) is 6.07. The van der Waals surface area contributed by atoms with Gasteiger partial charge in [0.25, 0.3) is 0 Å². The van der Waals surface area contributed by atoms with E-state index in [9.17, 15) is 10.1 Å². The molecule has 0 radical (unpaired) electrons. The van der Waals surface area contributed by atoms with Crippen LogP contribution in [0.3, 0.4) is 0 Å². The van der Waals surface area contributed by atoms with Gasteiger partial charge in [-0.2, -0.15) is 0 Å². The Morgan fingerprint density at radius 1 is 1.45 bits per heavy atom. The van der Waals surface area contributed by atoms with Crippen LogP contribution >= 0.6 is 0 Å². The van der Waals surface area contributed by atoms with E-state index < -0.39 is 4.92 Å². The lowest BCUT2D eigenvalue weighted by atomic mass is 10.2. The summed E-state index contributed by atoms with van der Waals surface area (Å²) in [6, 6.07) is 6.52. The van der Waals surface area contributed by atoms with E-state index in [2.05, 4.69) is 10.5 Å². The normalized spacial score (nSPS) is 10.5. The van der Waals surface area contributed by atoms with Crippen molar-refractivity contribution in [3.8, 4) is 5.75 Å². The molecule has 0 amide bonds. The molecule has 0 saturated heterocycles. The number of nitrogens with zero attached hydrogens (tertiary/aromatic N) is 2. The van der Waals surface area contributed by atoms with Crippen LogP contribution in [-0.2, 0) is 13.2 Å². The van der Waals surface area contributed by atoms with Gasteiger partial charge in [-0.3, -0.25) is 10.1 Å². The van der Waals surface area contributed by atoms with Crippen LogP contribution in [0.2, 0.25) is 0 Å². The van der Waals surface area contributed by atoms with Crippen LogP contribution in [0.4, 0.5) is 5.69 Å². The molecule has 7 nitrogen and oxygen atoms in total. The molecule has 0 aliphatic heterocycles. The lowest BCUT2D eigenvalue weighted by Gasteiger charge is -2.07. The fourth-order valence-electron chi connectivity index (χ4n) is 1.78. The first-order chi connectivity index (χ1) is 9.60. The molecule has 1 heterocycles. The highest BCUT2D eigenvalue weighted by Gasteiger charge is 2.16. The highest BCUT2D eigenvalue weighted by Crippen LogP contribution is 2.28. The van der Waals surface area contributed by atoms with Crippen LogP contribution in [0.5, 0.6) is 5.75 Å². The van der Waals surface area contributed by atoms with Crippen molar-refractivity contribution in [1.82, 2.24) is 10.5 Å². The Bertz CT molecular complexity index is 609. The molecular formula is C13H15N3O4. The molecule has 1 aromatic heterocycles. The first-order valence-corrected chi connectivity index (χ1v) is 6.07. The van der Waals surface area contributed by atoms with Crippen molar-refractivity contribution >= 4 is 5.69 Å². The lowest BCUT2D eigenvalue weighted by molar-refractivity contribution is -0.386. The van der Waals surface area contributed by atoms with Gasteiger partial charge < -0.3 is 14.6 Å². The maximum atomic E-state index is 11.0. The largest absolute Gasteiger partial charge is 0.480 e. The molecule has 0 aliphatic rings. The van der Waals surface area contributed by atoms with Gasteiger partial charge in [0.05, 0.1) is 4.92 Å². The summed E-state index contributed by atoms with van der Waals surface area (Å²) in [6.45, 7) is 2.51. The quantitative estimate of drug-likeness (QED) is 0.643. The Labute approximate surface area is 115 Å². The van der Waals surface area contributed by atoms with Crippen LogP contribution in [-0.4, -0.2) is 17.1 Å². The number of nitrogens with one attached hydrogen (secondary N) is 1. The monoisotopic (exact) mass is 277 g/mol. The molecule has 20 heavy (non-hydrogen) atoms. The number of hydrogen-bond acceptors (Lipinski definition) is 6. The van der Waals surface area contributed by atoms with Crippen LogP contribution in [0.25, 0.3) is 0 Å². The van der Waals surface area contributed by atoms with Crippen molar-refractivity contribution in [2.75, 3.05) is 7.05 Å². The Balaban J connectivity index is 2.18. The fraction of sp³-hybridized carbons (Fsp3) is 0.308. The Kier molecular flexibility index (Phi) is 4.31. The summed E-state index contributed by atoms with van der Waals surface area (Å²) in [7, 11) is 1.81. The Hall–Kier alpha value is -2.41. The molecule has 2 aromatic rings. The van der Waals surface area contributed by atoms with Crippen LogP contribution in [0.15, 0.2) is 28.8 Å². The average molecular weight is 277 g/mol. The van der Waals surface area contributed by atoms with E-state index in [1.165, 1.54) is 6.07 Å². The van der Waals surface area contributed by atoms with E-state index in [1.54, 1.807) is 32.2 Å². The second kappa shape index (κ2) is 6.16. The number of hydrogen-bond donors (Lipinski definition) is 1. The predicted molar refractivity (Wildman–Crippen MR) is 71.4 cm³/mol. The average Bonchev–Trinajstić information content (AvgIpc) is 2.82. The molecule has 1 N–H and O–H groups in total. The third kappa shape index (κ3) is 3.33. The highest BCUT2D eigenvalue weighted by molar-refractivity contribution is 5.48. The zero-order valence-corrected chi connectivity index (χ0v) is 11.3. The van der Waals surface area contributed by atoms with Gasteiger partial charge in [-0.15, -0.1) is 0 Å². The summed E-state index contributed by atoms with van der Waals surface area (Å²) < 4.78 is 10.4. The van der Waals surface area contributed by atoms with Gasteiger partial charge >= 0.3 is 5.69 Å². The third-order valence-corrected chi connectivity index (χ3v) is 2.65. The van der Waals surface area contributed by atoms with Gasteiger partial charge in [0.15, 0.2) is 5.75 Å². The van der Waals surface area contributed by atoms with E-state index in [1.807, 2.05) is 0 Å². The lowest BCUT2D eigenvalue weighted by Crippen LogP contribution is -2.06. The number of rotatable bonds is 6. The number of nitro benzene ring substituents is 1. The molecule has 106 valence electrons. The van der Waals surface area contributed by atoms with Crippen LogP contribution in [0, 0.1) is 17.0 Å². The van der Waals surface area contributed by atoms with Crippen molar-refractivity contribution < 1.29 is 14.2 Å². The third-order valence-electron chi connectivity index (χ3n) is 2.65. The van der Waals surface area contributed by atoms with E-state index in [-0.39, 0.29) is 18.0 Å². The summed E-state index contributed by atoms with van der Waals surface area (Å²) in [4.78, 5) is 10.5. The van der Waals surface area contributed by atoms with E-state index in [0.29, 0.717) is 18.0 Å². The molecule has 0 fully saturated rings. The Morgan fingerprint density at radius 3 is 2.85 bits per heavy atom. The number of aryl methyl sites for hydroxylation is 1. The number of ether oxygens (including phenoxy) is 1. The minimum Gasteiger partial charge on any atom is -0.480 e. The molecule has 0 spiro atoms. The maximum absolute atomic E-state index is 11.0. The van der Waals surface area contributed by atoms with E-state index in [4.69, 9.17) is 9.26 Å². The molecule has 0 aliphatic carbocycles. The molecule has 0 bridgehead atoms. The summed E-state index contributed by atoms with van der Waals surface area (Å²) in [5.74, 6) is 0.894. The van der Waals surface area contributed by atoms with Gasteiger partial charge in [0.2, 0.25) is 0 Å². The molecule has 1 aromatic carbocycles. The number of nitro groups is 1.